The zero-order valence-electron chi connectivity index (χ0n) is 15.7. The molecule has 30 heavy (non-hydrogen) atoms. The number of rotatable bonds is 3. The summed E-state index contributed by atoms with van der Waals surface area (Å²) in [7, 11) is 1.08. The van der Waals surface area contributed by atoms with Crippen molar-refractivity contribution in [2.45, 2.75) is 13.1 Å². The zero-order valence-corrected chi connectivity index (χ0v) is 17.3. The number of thiazole rings is 1. The second kappa shape index (κ2) is 7.41. The number of amides is 1. The Hall–Kier alpha value is -2.91. The third-order valence-corrected chi connectivity index (χ3v) is 5.83. The zero-order chi connectivity index (χ0) is 21.6. The number of aromatic nitrogens is 3. The minimum atomic E-state index is -4.71. The first-order valence-electron chi connectivity index (χ1n) is 8.72. The highest BCUT2D eigenvalue weighted by Crippen LogP contribution is 2.36. The third kappa shape index (κ3) is 3.78. The van der Waals surface area contributed by atoms with Gasteiger partial charge in [0.25, 0.3) is 5.91 Å². The molecular formula is C20H14ClF3N4OS. The van der Waals surface area contributed by atoms with Crippen molar-refractivity contribution >= 4 is 44.7 Å². The highest BCUT2D eigenvalue weighted by Gasteiger charge is 2.40. The molecule has 1 N–H and O–H groups in total. The molecule has 5 nitrogen and oxygen atoms in total. The molecule has 154 valence electrons. The molecule has 0 fully saturated rings. The minimum absolute atomic E-state index is 0.399. The van der Waals surface area contributed by atoms with Crippen LogP contribution in [0, 0.1) is 6.92 Å². The van der Waals surface area contributed by atoms with Crippen LogP contribution in [-0.2, 0) is 13.2 Å². The molecule has 0 saturated heterocycles. The fourth-order valence-electron chi connectivity index (χ4n) is 2.99. The first-order chi connectivity index (χ1) is 14.1. The lowest BCUT2D eigenvalue weighted by Crippen LogP contribution is -2.13. The lowest BCUT2D eigenvalue weighted by Gasteiger charge is -2.06. The number of anilines is 1. The monoisotopic (exact) mass is 450 g/mol. The van der Waals surface area contributed by atoms with Crippen molar-refractivity contribution in [1.29, 1.82) is 0 Å². The van der Waals surface area contributed by atoms with Gasteiger partial charge in [-0.1, -0.05) is 17.7 Å². The van der Waals surface area contributed by atoms with Crippen LogP contribution in [0.4, 0.5) is 18.9 Å². The summed E-state index contributed by atoms with van der Waals surface area (Å²) in [6.07, 6.45) is -4.71. The topological polar surface area (TPSA) is 59.8 Å². The number of benzene rings is 2. The minimum Gasteiger partial charge on any atom is -0.321 e. The highest BCUT2D eigenvalue weighted by molar-refractivity contribution is 7.21. The van der Waals surface area contributed by atoms with Crippen molar-refractivity contribution in [3.05, 3.63) is 64.4 Å². The van der Waals surface area contributed by atoms with Gasteiger partial charge < -0.3 is 5.32 Å². The normalized spacial score (nSPS) is 11.8. The lowest BCUT2D eigenvalue weighted by atomic mass is 10.2. The summed E-state index contributed by atoms with van der Waals surface area (Å²) < 4.78 is 40.7. The molecule has 2 heterocycles. The van der Waals surface area contributed by atoms with Gasteiger partial charge in [-0.15, -0.1) is 11.3 Å². The molecule has 0 spiro atoms. The van der Waals surface area contributed by atoms with Gasteiger partial charge in [-0.05, 0) is 48.9 Å². The van der Waals surface area contributed by atoms with Crippen molar-refractivity contribution in [2.75, 3.05) is 5.32 Å². The Labute approximate surface area is 178 Å². The number of halogens is 4. The van der Waals surface area contributed by atoms with Gasteiger partial charge in [0, 0.05) is 18.3 Å². The van der Waals surface area contributed by atoms with Crippen LogP contribution in [0.25, 0.3) is 20.8 Å². The lowest BCUT2D eigenvalue weighted by molar-refractivity contribution is -0.143. The SMILES string of the molecule is Cc1ccc2nc(-c3ccc(NC(=O)c4nn(C)c(C(F)(F)F)c4Cl)cc3)sc2c1. The Morgan fingerprint density at radius 1 is 1.17 bits per heavy atom. The molecule has 0 saturated carbocycles. The number of carbonyl (C=O) groups is 1. The highest BCUT2D eigenvalue weighted by atomic mass is 35.5. The summed E-state index contributed by atoms with van der Waals surface area (Å²) in [5.41, 5.74) is 1.66. The van der Waals surface area contributed by atoms with Crippen molar-refractivity contribution < 1.29 is 18.0 Å². The van der Waals surface area contributed by atoms with E-state index in [0.29, 0.717) is 10.4 Å². The standard InChI is InChI=1S/C20H14ClF3N4OS/c1-10-3-8-13-14(9-10)30-19(26-13)11-4-6-12(7-5-11)25-18(29)16-15(21)17(20(22,23)24)28(2)27-16/h3-9H,1-2H3,(H,25,29). The fraction of sp³-hybridized carbons (Fsp3) is 0.150. The van der Waals surface area contributed by atoms with Crippen LogP contribution in [-0.4, -0.2) is 20.7 Å². The summed E-state index contributed by atoms with van der Waals surface area (Å²) >= 11 is 7.31. The molecule has 10 heteroatoms. The molecule has 0 bridgehead atoms. The maximum atomic E-state index is 13.0. The van der Waals surface area contributed by atoms with Crippen molar-refractivity contribution in [3.63, 3.8) is 0 Å². The molecule has 0 aliphatic heterocycles. The first kappa shape index (κ1) is 20.4. The predicted molar refractivity (Wildman–Crippen MR) is 111 cm³/mol. The molecule has 1 amide bonds. The van der Waals surface area contributed by atoms with Crippen LogP contribution in [0.2, 0.25) is 5.02 Å². The molecule has 2 aromatic heterocycles. The number of hydrogen-bond acceptors (Lipinski definition) is 4. The number of carbonyl (C=O) groups excluding carboxylic acids is 1. The van der Waals surface area contributed by atoms with Gasteiger partial charge in [-0.25, -0.2) is 4.98 Å². The molecule has 4 rings (SSSR count). The Bertz CT molecular complexity index is 1260. The van der Waals surface area contributed by atoms with E-state index in [4.69, 9.17) is 11.6 Å². The summed E-state index contributed by atoms with van der Waals surface area (Å²) in [5.74, 6) is -0.825. The van der Waals surface area contributed by atoms with E-state index >= 15 is 0 Å². The molecular weight excluding hydrogens is 437 g/mol. The van der Waals surface area contributed by atoms with Gasteiger partial charge in [-0.3, -0.25) is 9.48 Å². The van der Waals surface area contributed by atoms with E-state index in [9.17, 15) is 18.0 Å². The van der Waals surface area contributed by atoms with Crippen LogP contribution in [0.15, 0.2) is 42.5 Å². The van der Waals surface area contributed by atoms with Crippen LogP contribution in [0.1, 0.15) is 21.7 Å². The van der Waals surface area contributed by atoms with Crippen LogP contribution >= 0.6 is 22.9 Å². The second-order valence-corrected chi connectivity index (χ2v) is 8.06. The molecule has 0 aliphatic carbocycles. The van der Waals surface area contributed by atoms with Crippen molar-refractivity contribution in [2.24, 2.45) is 7.05 Å². The number of hydrogen-bond donors (Lipinski definition) is 1. The van der Waals surface area contributed by atoms with E-state index in [-0.39, 0.29) is 0 Å². The maximum absolute atomic E-state index is 13.0. The average molecular weight is 451 g/mol. The summed E-state index contributed by atoms with van der Waals surface area (Å²) in [5, 5.41) is 6.23. The predicted octanol–water partition coefficient (Wildman–Crippen LogP) is 5.93. The van der Waals surface area contributed by atoms with Gasteiger partial charge >= 0.3 is 6.18 Å². The largest absolute Gasteiger partial charge is 0.434 e. The molecule has 0 aliphatic rings. The van der Waals surface area contributed by atoms with Crippen molar-refractivity contribution in [3.8, 4) is 10.6 Å². The van der Waals surface area contributed by atoms with Crippen molar-refractivity contribution in [1.82, 2.24) is 14.8 Å². The Kier molecular flexibility index (Phi) is 5.03. The maximum Gasteiger partial charge on any atom is 0.434 e. The molecule has 4 aromatic rings. The summed E-state index contributed by atoms with van der Waals surface area (Å²) in [6, 6.07) is 12.9. The van der Waals surface area contributed by atoms with E-state index in [2.05, 4.69) is 21.5 Å². The number of alkyl halides is 3. The van der Waals surface area contributed by atoms with Crippen LogP contribution in [0.5, 0.6) is 0 Å². The summed E-state index contributed by atoms with van der Waals surface area (Å²) in [4.78, 5) is 17.0. The summed E-state index contributed by atoms with van der Waals surface area (Å²) in [6.45, 7) is 2.02. The van der Waals surface area contributed by atoms with Gasteiger partial charge in [0.05, 0.1) is 10.2 Å². The van der Waals surface area contributed by atoms with Gasteiger partial charge in [0.1, 0.15) is 10.0 Å². The van der Waals surface area contributed by atoms with Crippen LogP contribution < -0.4 is 5.32 Å². The Morgan fingerprint density at radius 3 is 2.50 bits per heavy atom. The number of nitrogens with one attached hydrogen (secondary N) is 1. The third-order valence-electron chi connectivity index (χ3n) is 4.41. The fourth-order valence-corrected chi connectivity index (χ4v) is 4.42. The van der Waals surface area contributed by atoms with E-state index in [0.717, 1.165) is 33.4 Å². The Morgan fingerprint density at radius 2 is 1.87 bits per heavy atom. The first-order valence-corrected chi connectivity index (χ1v) is 9.91. The van der Waals surface area contributed by atoms with E-state index < -0.39 is 28.5 Å². The second-order valence-electron chi connectivity index (χ2n) is 6.65. The van der Waals surface area contributed by atoms with E-state index in [1.807, 2.05) is 19.1 Å². The Balaban J connectivity index is 1.55. The van der Waals surface area contributed by atoms with Crippen LogP contribution in [0.3, 0.4) is 0 Å². The average Bonchev–Trinajstić information content (AvgIpc) is 3.21. The van der Waals surface area contributed by atoms with Gasteiger partial charge in [0.15, 0.2) is 11.4 Å². The quantitative estimate of drug-likeness (QED) is 0.421. The van der Waals surface area contributed by atoms with Gasteiger partial charge in [0.2, 0.25) is 0 Å². The molecule has 2 aromatic carbocycles. The smallest absolute Gasteiger partial charge is 0.321 e. The number of nitrogens with zero attached hydrogens (tertiary/aromatic N) is 3. The number of aryl methyl sites for hydroxylation is 2. The van der Waals surface area contributed by atoms with E-state index in [1.165, 1.54) is 0 Å². The molecule has 0 unspecified atom stereocenters. The molecule has 0 atom stereocenters. The molecule has 0 radical (unpaired) electrons. The number of fused-ring (bicyclic) bond motifs is 1. The van der Waals surface area contributed by atoms with Gasteiger partial charge in [-0.2, -0.15) is 18.3 Å². The van der Waals surface area contributed by atoms with E-state index in [1.54, 1.807) is 35.6 Å².